The molecule has 11 atom stereocenters. The lowest BCUT2D eigenvalue weighted by molar-refractivity contribution is -0.301. The van der Waals surface area contributed by atoms with Crippen LogP contribution >= 0.6 is 15.6 Å². The highest BCUT2D eigenvalue weighted by molar-refractivity contribution is 7.46. The van der Waals surface area contributed by atoms with Gasteiger partial charge < -0.3 is 68.5 Å². The number of ketones is 1. The Bertz CT molecular complexity index is 1880. The Labute approximate surface area is 530 Å². The van der Waals surface area contributed by atoms with Crippen LogP contribution in [0.5, 0.6) is 0 Å². The average molecular weight is 1300 g/mol. The van der Waals surface area contributed by atoms with Gasteiger partial charge in [-0.05, 0) is 57.8 Å². The summed E-state index contributed by atoms with van der Waals surface area (Å²) in [6.07, 6.45) is 28.3. The van der Waals surface area contributed by atoms with Crippen molar-refractivity contribution >= 4 is 33.2 Å². The molecule has 2 amide bonds. The summed E-state index contributed by atoms with van der Waals surface area (Å²) in [4.78, 5) is 82.1. The van der Waals surface area contributed by atoms with Crippen molar-refractivity contribution < 1.29 is 90.4 Å². The second-order valence-electron chi connectivity index (χ2n) is 24.5. The molecule has 0 saturated carbocycles. The molecule has 2 saturated heterocycles. The molecular weight excluding hydrogens is 1170 g/mol. The first-order valence-electron chi connectivity index (χ1n) is 34.5. The highest BCUT2D eigenvalue weighted by Crippen LogP contribution is 2.44. The number of carbonyl (C=O) groups is 3. The molecule has 0 aromatic rings. The van der Waals surface area contributed by atoms with E-state index in [1.807, 2.05) is 0 Å². The van der Waals surface area contributed by atoms with Crippen molar-refractivity contribution in [3.8, 4) is 0 Å². The molecule has 0 bridgehead atoms. The van der Waals surface area contributed by atoms with Crippen LogP contribution in [0.25, 0.3) is 0 Å². The number of methoxy groups -OCH3 is 2. The van der Waals surface area contributed by atoms with Crippen LogP contribution < -0.4 is 10.6 Å². The number of Topliss-reactive ketones (excluding diaryl/α,β-unsaturated/α-hetero) is 1. The van der Waals surface area contributed by atoms with Crippen molar-refractivity contribution in [2.75, 3.05) is 40.6 Å². The van der Waals surface area contributed by atoms with Crippen molar-refractivity contribution in [3.63, 3.8) is 0 Å². The first-order valence-corrected chi connectivity index (χ1v) is 37.6. The van der Waals surface area contributed by atoms with Crippen LogP contribution in [-0.4, -0.2) is 150 Å². The van der Waals surface area contributed by atoms with Gasteiger partial charge in [0.05, 0.1) is 25.7 Å². The Kier molecular flexibility index (Phi) is 48.3. The quantitative estimate of drug-likeness (QED) is 0.0129. The first-order chi connectivity index (χ1) is 42.4. The van der Waals surface area contributed by atoms with Gasteiger partial charge in [-0.15, -0.1) is 0 Å². The summed E-state index contributed by atoms with van der Waals surface area (Å²) in [6.45, 7) is 7.89. The molecule has 23 heteroatoms. The number of aliphatic hydroxyl groups is 1. The van der Waals surface area contributed by atoms with Crippen molar-refractivity contribution in [1.82, 2.24) is 10.6 Å². The van der Waals surface area contributed by atoms with Crippen LogP contribution in [0.1, 0.15) is 278 Å². The van der Waals surface area contributed by atoms with Crippen LogP contribution in [0.15, 0.2) is 12.2 Å². The number of hydrogen-bond donors (Lipinski definition) is 7. The molecular formula is C65H124N2O19P2. The van der Waals surface area contributed by atoms with Gasteiger partial charge in [-0.3, -0.25) is 23.4 Å². The number of allylic oxidation sites excluding steroid dienone is 2. The summed E-state index contributed by atoms with van der Waals surface area (Å²) < 4.78 is 79.2. The van der Waals surface area contributed by atoms with E-state index in [0.717, 1.165) is 167 Å². The molecule has 0 aromatic heterocycles. The highest BCUT2D eigenvalue weighted by Gasteiger charge is 2.53. The summed E-state index contributed by atoms with van der Waals surface area (Å²) in [6, 6.07) is -2.84. The summed E-state index contributed by atoms with van der Waals surface area (Å²) in [5, 5.41) is 17.9. The lowest BCUT2D eigenvalue weighted by Gasteiger charge is -2.47. The number of rotatable bonds is 58. The van der Waals surface area contributed by atoms with Crippen molar-refractivity contribution in [3.05, 3.63) is 12.2 Å². The highest BCUT2D eigenvalue weighted by atomic mass is 31.2. The van der Waals surface area contributed by atoms with Crippen molar-refractivity contribution in [2.24, 2.45) is 0 Å². The monoisotopic (exact) mass is 1300 g/mol. The Morgan fingerprint density at radius 2 is 0.932 bits per heavy atom. The minimum absolute atomic E-state index is 0.00883. The Hall–Kier alpha value is -1.75. The fourth-order valence-corrected chi connectivity index (χ4v) is 12.5. The van der Waals surface area contributed by atoms with Crippen LogP contribution in [-0.2, 0) is 65.7 Å². The average Bonchev–Trinajstić information content (AvgIpc) is 1.23. The van der Waals surface area contributed by atoms with E-state index in [1.54, 1.807) is 7.11 Å². The fraction of sp³-hybridized carbons (Fsp3) is 0.923. The summed E-state index contributed by atoms with van der Waals surface area (Å²) in [5.41, 5.74) is 0. The molecule has 2 rings (SSSR count). The minimum atomic E-state index is -5.39. The van der Waals surface area contributed by atoms with E-state index in [1.165, 1.54) is 45.6 Å². The number of aliphatic hydroxyl groups excluding tert-OH is 1. The molecule has 88 heavy (non-hydrogen) atoms. The van der Waals surface area contributed by atoms with Gasteiger partial charge in [0, 0.05) is 40.3 Å². The Morgan fingerprint density at radius 1 is 0.477 bits per heavy atom. The van der Waals surface area contributed by atoms with Gasteiger partial charge in [-0.1, -0.05) is 213 Å². The number of phosphoric ester groups is 2. The molecule has 0 radical (unpaired) electrons. The van der Waals surface area contributed by atoms with E-state index in [4.69, 9.17) is 42.2 Å². The second-order valence-corrected chi connectivity index (χ2v) is 26.9. The molecule has 0 aliphatic carbocycles. The SMILES string of the molecule is CCCCCCC=CCCCCCCCCCC(=O)N[C@@H]1C(OCC[C@@H](CCCCCCC)OC)[C@H](OP(=O)(O)O)[C@@H](COC)O[C@H]1OCC1O[C@H](OP(=O)(O)O)[C@H](NC(=O)CC(=O)CCCCCCCCCC)[C@@H](OCCCCCCCCCC)[C@@H]1O. The van der Waals surface area contributed by atoms with Crippen LogP contribution in [0.2, 0.25) is 0 Å². The summed E-state index contributed by atoms with van der Waals surface area (Å²) in [5.74, 6) is -1.52. The number of nitrogens with one attached hydrogen (secondary N) is 2. The zero-order valence-corrected chi connectivity index (χ0v) is 57.0. The van der Waals surface area contributed by atoms with E-state index in [2.05, 4.69) is 50.5 Å². The van der Waals surface area contributed by atoms with Crippen molar-refractivity contribution in [1.29, 1.82) is 0 Å². The van der Waals surface area contributed by atoms with E-state index in [0.29, 0.717) is 25.7 Å². The molecule has 0 aromatic carbocycles. The third-order valence-electron chi connectivity index (χ3n) is 16.6. The van der Waals surface area contributed by atoms with Crippen LogP contribution in [0.3, 0.4) is 0 Å². The van der Waals surface area contributed by atoms with Gasteiger partial charge in [-0.25, -0.2) is 9.13 Å². The maximum absolute atomic E-state index is 14.1. The Balaban J connectivity index is 2.46. The fourth-order valence-electron chi connectivity index (χ4n) is 11.5. The van der Waals surface area contributed by atoms with E-state index in [-0.39, 0.29) is 44.5 Å². The number of ether oxygens (including phenoxy) is 7. The molecule has 0 spiro atoms. The van der Waals surface area contributed by atoms with Crippen LogP contribution in [0.4, 0.5) is 0 Å². The molecule has 2 aliphatic rings. The van der Waals surface area contributed by atoms with Gasteiger partial charge in [0.2, 0.25) is 11.8 Å². The standard InChI is InChI=1S/C65H124N2O19P2/c1-7-11-15-19-22-25-26-27-28-29-30-31-33-37-41-45-56(69)66-59-63(81-48-46-53(79-6)44-40-35-18-14-10-4)61(85-87(72,73)74)55(50-78-5)84-64(59)82-51-54-60(71)62(80-47-42-38-34-24-21-17-13-9-3)58(65(83-54)86-88(75,76)77)67-57(70)49-52(68)43-39-36-32-23-20-16-12-8-2/h25-26,53-55,58-65,71H,7-24,27-51H2,1-6H3,(H,66,69)(H,67,70)(H2,72,73,74)(H2,75,76,77)/t53-,54?,55-,58-,59-,60-,61-,62-,63?,64-,65-/m1/s1. The number of amides is 2. The third kappa shape index (κ3) is 39.7. The van der Waals surface area contributed by atoms with Gasteiger partial charge in [0.15, 0.2) is 12.6 Å². The molecule has 7 N–H and O–H groups in total. The first kappa shape index (κ1) is 82.3. The number of carbonyl (C=O) groups excluding carboxylic acids is 3. The molecule has 21 nitrogen and oxygen atoms in total. The summed E-state index contributed by atoms with van der Waals surface area (Å²) >= 11 is 0. The largest absolute Gasteiger partial charge is 0.472 e. The number of hydrogen-bond acceptors (Lipinski definition) is 15. The number of unbranched alkanes of at least 4 members (excludes halogenated alkanes) is 29. The van der Waals surface area contributed by atoms with Crippen molar-refractivity contribution in [2.45, 2.75) is 345 Å². The topological polar surface area (TPSA) is 294 Å². The molecule has 518 valence electrons. The zero-order valence-electron chi connectivity index (χ0n) is 55.3. The van der Waals surface area contributed by atoms with Gasteiger partial charge in [-0.2, -0.15) is 0 Å². The zero-order chi connectivity index (χ0) is 64.7. The summed E-state index contributed by atoms with van der Waals surface area (Å²) in [7, 11) is -7.68. The maximum atomic E-state index is 14.1. The maximum Gasteiger partial charge on any atom is 0.472 e. The predicted molar refractivity (Wildman–Crippen MR) is 342 cm³/mol. The van der Waals surface area contributed by atoms with E-state index < -0.39 is 102 Å². The smallest absolute Gasteiger partial charge is 0.388 e. The molecule has 2 aliphatic heterocycles. The van der Waals surface area contributed by atoms with E-state index in [9.17, 15) is 48.2 Å². The lowest BCUT2D eigenvalue weighted by atomic mass is 9.95. The normalized spacial score (nSPS) is 23.0. The van der Waals surface area contributed by atoms with Gasteiger partial charge >= 0.3 is 15.6 Å². The molecule has 2 unspecified atom stereocenters. The van der Waals surface area contributed by atoms with Gasteiger partial charge in [0.25, 0.3) is 0 Å². The third-order valence-corrected chi connectivity index (χ3v) is 17.6. The van der Waals surface area contributed by atoms with E-state index >= 15 is 0 Å². The Morgan fingerprint density at radius 3 is 1.47 bits per heavy atom. The minimum Gasteiger partial charge on any atom is -0.388 e. The predicted octanol–water partition coefficient (Wildman–Crippen LogP) is 13.2. The van der Waals surface area contributed by atoms with Crippen LogP contribution in [0, 0.1) is 0 Å². The molecule has 2 heterocycles. The number of phosphoric acid groups is 2. The van der Waals surface area contributed by atoms with Gasteiger partial charge in [0.1, 0.15) is 54.5 Å². The second kappa shape index (κ2) is 51.6. The molecule has 2 fully saturated rings. The lowest BCUT2D eigenvalue weighted by Crippen LogP contribution is -2.67.